The highest BCUT2D eigenvalue weighted by molar-refractivity contribution is 7.11. The van der Waals surface area contributed by atoms with E-state index >= 15 is 0 Å². The van der Waals surface area contributed by atoms with Crippen molar-refractivity contribution >= 4 is 23.4 Å². The first-order chi connectivity index (χ1) is 11.1. The summed E-state index contributed by atoms with van der Waals surface area (Å²) in [5.74, 6) is 0.612. The number of nitrogens with zero attached hydrogens (tertiary/aromatic N) is 4. The molecule has 0 bridgehead atoms. The van der Waals surface area contributed by atoms with Crippen LogP contribution >= 0.6 is 11.3 Å². The van der Waals surface area contributed by atoms with Gasteiger partial charge < -0.3 is 10.6 Å². The third-order valence-electron chi connectivity index (χ3n) is 3.59. The third kappa shape index (κ3) is 3.14. The van der Waals surface area contributed by atoms with Crippen LogP contribution in [0.2, 0.25) is 0 Å². The fourth-order valence-electron chi connectivity index (χ4n) is 2.66. The molecule has 0 spiro atoms. The molecule has 1 aromatic rings. The molecule has 2 aliphatic heterocycles. The smallest absolute Gasteiger partial charge is 0.331 e. The second-order valence-electron chi connectivity index (χ2n) is 4.99. The lowest BCUT2D eigenvalue weighted by atomic mass is 10.0. The Hall–Kier alpha value is -2.16. The standard InChI is InChI=1S/C14H14F3N5S/c15-9-3-11-10(8(4-18)5-21-14(16)17)6-20-12(22(11)7-9)13-19-1-2-23-13/h1-2,4-5,9,14H,3,6-7,18H2. The maximum atomic E-state index is 13.9. The second kappa shape index (κ2) is 6.53. The molecule has 23 heavy (non-hydrogen) atoms. The van der Waals surface area contributed by atoms with Gasteiger partial charge >= 0.3 is 6.55 Å². The van der Waals surface area contributed by atoms with Gasteiger partial charge in [-0.1, -0.05) is 0 Å². The van der Waals surface area contributed by atoms with Crippen molar-refractivity contribution in [3.63, 3.8) is 0 Å². The Morgan fingerprint density at radius 3 is 3.00 bits per heavy atom. The van der Waals surface area contributed by atoms with Gasteiger partial charge in [0.25, 0.3) is 0 Å². The Morgan fingerprint density at radius 2 is 2.35 bits per heavy atom. The lowest BCUT2D eigenvalue weighted by Crippen LogP contribution is -2.33. The van der Waals surface area contributed by atoms with Crippen molar-refractivity contribution < 1.29 is 13.2 Å². The molecule has 0 aromatic carbocycles. The van der Waals surface area contributed by atoms with Crippen LogP contribution in [-0.4, -0.2) is 47.7 Å². The minimum Gasteiger partial charge on any atom is -0.404 e. The molecule has 9 heteroatoms. The van der Waals surface area contributed by atoms with Crippen molar-refractivity contribution in [1.82, 2.24) is 9.88 Å². The fourth-order valence-corrected chi connectivity index (χ4v) is 3.31. The van der Waals surface area contributed by atoms with Crippen molar-refractivity contribution in [2.24, 2.45) is 15.7 Å². The Kier molecular flexibility index (Phi) is 4.46. The van der Waals surface area contributed by atoms with E-state index in [1.807, 2.05) is 5.38 Å². The summed E-state index contributed by atoms with van der Waals surface area (Å²) < 4.78 is 38.5. The summed E-state index contributed by atoms with van der Waals surface area (Å²) in [4.78, 5) is 13.5. The highest BCUT2D eigenvalue weighted by atomic mass is 32.1. The molecule has 0 amide bonds. The van der Waals surface area contributed by atoms with Crippen molar-refractivity contribution in [2.45, 2.75) is 19.1 Å². The Morgan fingerprint density at radius 1 is 1.52 bits per heavy atom. The molecule has 1 unspecified atom stereocenters. The van der Waals surface area contributed by atoms with E-state index in [-0.39, 0.29) is 19.5 Å². The van der Waals surface area contributed by atoms with Gasteiger partial charge in [0.05, 0.1) is 13.1 Å². The number of alkyl halides is 3. The summed E-state index contributed by atoms with van der Waals surface area (Å²) in [5.41, 5.74) is 7.19. The van der Waals surface area contributed by atoms with Crippen LogP contribution in [0.1, 0.15) is 11.4 Å². The van der Waals surface area contributed by atoms with Crippen LogP contribution in [0, 0.1) is 0 Å². The fraction of sp³-hybridized carbons (Fsp3) is 0.357. The van der Waals surface area contributed by atoms with E-state index in [9.17, 15) is 13.2 Å². The molecule has 1 aromatic heterocycles. The predicted molar refractivity (Wildman–Crippen MR) is 83.5 cm³/mol. The number of nitrogens with two attached hydrogens (primary N) is 1. The first-order valence-corrected chi connectivity index (χ1v) is 7.79. The van der Waals surface area contributed by atoms with E-state index in [2.05, 4.69) is 15.0 Å². The first-order valence-electron chi connectivity index (χ1n) is 6.91. The number of hydrogen-bond acceptors (Lipinski definition) is 6. The summed E-state index contributed by atoms with van der Waals surface area (Å²) in [5, 5.41) is 2.52. The Labute approximate surface area is 134 Å². The molecule has 2 N–H and O–H groups in total. The molecule has 5 nitrogen and oxygen atoms in total. The van der Waals surface area contributed by atoms with E-state index in [1.165, 1.54) is 17.5 Å². The molecule has 122 valence electrons. The van der Waals surface area contributed by atoms with Crippen molar-refractivity contribution in [3.05, 3.63) is 39.6 Å². The van der Waals surface area contributed by atoms with Crippen LogP contribution in [-0.2, 0) is 0 Å². The van der Waals surface area contributed by atoms with E-state index < -0.39 is 12.7 Å². The molecule has 0 radical (unpaired) electrons. The number of allylic oxidation sites excluding steroid dienone is 1. The van der Waals surface area contributed by atoms with Gasteiger partial charge in [0.15, 0.2) is 10.8 Å². The van der Waals surface area contributed by atoms with Gasteiger partial charge in [-0.2, -0.15) is 8.78 Å². The number of rotatable bonds is 4. The van der Waals surface area contributed by atoms with Crippen molar-refractivity contribution in [2.75, 3.05) is 13.1 Å². The zero-order valence-electron chi connectivity index (χ0n) is 12.0. The quantitative estimate of drug-likeness (QED) is 0.675. The Balaban J connectivity index is 1.96. The normalized spacial score (nSPS) is 22.3. The Bertz CT molecular complexity index is 693. The molecule has 3 heterocycles. The van der Waals surface area contributed by atoms with E-state index in [1.54, 1.807) is 11.1 Å². The largest absolute Gasteiger partial charge is 0.404 e. The third-order valence-corrected chi connectivity index (χ3v) is 4.36. The summed E-state index contributed by atoms with van der Waals surface area (Å²) in [6, 6.07) is 0. The average molecular weight is 341 g/mol. The zero-order chi connectivity index (χ0) is 16.4. The number of hydrogen-bond donors (Lipinski definition) is 1. The van der Waals surface area contributed by atoms with Gasteiger partial charge in [-0.05, 0) is 0 Å². The molecular formula is C14H14F3N5S. The van der Waals surface area contributed by atoms with E-state index in [0.29, 0.717) is 27.7 Å². The lowest BCUT2D eigenvalue weighted by Gasteiger charge is -2.27. The van der Waals surface area contributed by atoms with E-state index in [0.717, 1.165) is 6.21 Å². The highest BCUT2D eigenvalue weighted by Gasteiger charge is 2.36. The van der Waals surface area contributed by atoms with Crippen molar-refractivity contribution in [1.29, 1.82) is 0 Å². The number of aromatic nitrogens is 1. The summed E-state index contributed by atoms with van der Waals surface area (Å²) in [6.07, 6.45) is 3.02. The number of halogens is 3. The maximum Gasteiger partial charge on any atom is 0.331 e. The van der Waals surface area contributed by atoms with Crippen LogP contribution in [0.4, 0.5) is 13.2 Å². The molecule has 3 rings (SSSR count). The van der Waals surface area contributed by atoms with Gasteiger partial charge in [0.1, 0.15) is 6.17 Å². The van der Waals surface area contributed by atoms with Gasteiger partial charge in [0.2, 0.25) is 0 Å². The van der Waals surface area contributed by atoms with Gasteiger partial charge in [-0.25, -0.2) is 14.4 Å². The number of amidine groups is 1. The molecule has 0 saturated carbocycles. The van der Waals surface area contributed by atoms with Gasteiger partial charge in [0, 0.05) is 47.3 Å². The van der Waals surface area contributed by atoms with Crippen LogP contribution in [0.15, 0.2) is 44.6 Å². The number of aliphatic imine (C=N–C) groups is 2. The monoisotopic (exact) mass is 341 g/mol. The second-order valence-corrected chi connectivity index (χ2v) is 5.89. The number of fused-ring (bicyclic) bond motifs is 1. The summed E-state index contributed by atoms with van der Waals surface area (Å²) in [7, 11) is 0. The first kappa shape index (κ1) is 15.7. The average Bonchev–Trinajstić information content (AvgIpc) is 3.16. The lowest BCUT2D eigenvalue weighted by molar-refractivity contribution is 0.160. The molecule has 1 saturated heterocycles. The highest BCUT2D eigenvalue weighted by Crippen LogP contribution is 2.34. The summed E-state index contributed by atoms with van der Waals surface area (Å²) in [6.45, 7) is -2.42. The SMILES string of the molecule is NC=C(C=NC(F)F)C1=C2CC(F)CN2C(c2nccs2)=NC1. The van der Waals surface area contributed by atoms with Crippen LogP contribution in [0.3, 0.4) is 0 Å². The molecular weight excluding hydrogens is 327 g/mol. The van der Waals surface area contributed by atoms with Gasteiger partial charge in [-0.15, -0.1) is 11.3 Å². The molecule has 1 atom stereocenters. The topological polar surface area (TPSA) is 66.9 Å². The molecule has 0 aliphatic carbocycles. The van der Waals surface area contributed by atoms with Gasteiger partial charge in [-0.3, -0.25) is 4.99 Å². The van der Waals surface area contributed by atoms with Crippen LogP contribution in [0.25, 0.3) is 0 Å². The van der Waals surface area contributed by atoms with E-state index in [4.69, 9.17) is 5.73 Å². The molecule has 2 aliphatic rings. The predicted octanol–water partition coefficient (Wildman–Crippen LogP) is 2.34. The van der Waals surface area contributed by atoms with Crippen molar-refractivity contribution in [3.8, 4) is 0 Å². The zero-order valence-corrected chi connectivity index (χ0v) is 12.8. The summed E-state index contributed by atoms with van der Waals surface area (Å²) >= 11 is 1.42. The minimum atomic E-state index is -2.82. The maximum absolute atomic E-state index is 13.9. The minimum absolute atomic E-state index is 0.168. The molecule has 1 fully saturated rings. The van der Waals surface area contributed by atoms with Crippen LogP contribution < -0.4 is 5.73 Å². The number of thiazole rings is 1. The van der Waals surface area contributed by atoms with Crippen LogP contribution in [0.5, 0.6) is 0 Å².